The van der Waals surface area contributed by atoms with Crippen LogP contribution in [-0.4, -0.2) is 32.1 Å². The number of anilines is 1. The average molecular weight is 389 g/mol. The molecule has 0 radical (unpaired) electrons. The normalized spacial score (nSPS) is 10.5. The number of nitrogens with zero attached hydrogens (tertiary/aromatic N) is 2. The molecule has 2 aromatic carbocycles. The van der Waals surface area contributed by atoms with Crippen LogP contribution in [0.15, 0.2) is 54.6 Å². The molecule has 0 aliphatic carbocycles. The van der Waals surface area contributed by atoms with Crippen LogP contribution in [0.2, 0.25) is 0 Å². The van der Waals surface area contributed by atoms with Gasteiger partial charge in [0.25, 0.3) is 5.91 Å². The van der Waals surface area contributed by atoms with E-state index < -0.39 is 0 Å². The van der Waals surface area contributed by atoms with Crippen LogP contribution in [0, 0.1) is 13.8 Å². The Morgan fingerprint density at radius 3 is 2.28 bits per heavy atom. The number of benzene rings is 2. The Hall–Kier alpha value is -3.34. The van der Waals surface area contributed by atoms with Crippen LogP contribution in [0.25, 0.3) is 11.3 Å². The van der Waals surface area contributed by atoms with Crippen LogP contribution in [0.5, 0.6) is 5.75 Å². The zero-order valence-corrected chi connectivity index (χ0v) is 17.6. The standard InChI is InChI=1S/C24H27N3O2/c1-16-14-17(2)26-23(18-8-12-21(29-5)13-9-18)22(16)15-25-24(28)19-6-10-20(11-7-19)27(3)4/h6-14H,15H2,1-5H3,(H,25,28). The van der Waals surface area contributed by atoms with Crippen molar-refractivity contribution >= 4 is 11.6 Å². The summed E-state index contributed by atoms with van der Waals surface area (Å²) in [7, 11) is 5.60. The van der Waals surface area contributed by atoms with E-state index in [0.29, 0.717) is 12.1 Å². The van der Waals surface area contributed by atoms with Crippen LogP contribution < -0.4 is 15.0 Å². The van der Waals surface area contributed by atoms with Crippen molar-refractivity contribution in [2.45, 2.75) is 20.4 Å². The average Bonchev–Trinajstić information content (AvgIpc) is 2.72. The van der Waals surface area contributed by atoms with Crippen LogP contribution in [0.3, 0.4) is 0 Å². The van der Waals surface area contributed by atoms with E-state index >= 15 is 0 Å². The first-order valence-electron chi connectivity index (χ1n) is 9.56. The number of methoxy groups -OCH3 is 1. The van der Waals surface area contributed by atoms with Gasteiger partial charge in [0.05, 0.1) is 12.8 Å². The van der Waals surface area contributed by atoms with Crippen LogP contribution in [-0.2, 0) is 6.54 Å². The molecule has 1 N–H and O–H groups in total. The van der Waals surface area contributed by atoms with Gasteiger partial charge in [0, 0.05) is 48.7 Å². The molecule has 3 aromatic rings. The Morgan fingerprint density at radius 1 is 1.03 bits per heavy atom. The maximum atomic E-state index is 12.6. The first-order chi connectivity index (χ1) is 13.9. The molecule has 0 unspecified atom stereocenters. The van der Waals surface area contributed by atoms with E-state index in [1.165, 1.54) is 0 Å². The number of hydrogen-bond donors (Lipinski definition) is 1. The lowest BCUT2D eigenvalue weighted by molar-refractivity contribution is 0.0951. The van der Waals surface area contributed by atoms with Gasteiger partial charge >= 0.3 is 0 Å². The second kappa shape index (κ2) is 8.78. The molecule has 29 heavy (non-hydrogen) atoms. The summed E-state index contributed by atoms with van der Waals surface area (Å²) in [4.78, 5) is 19.4. The molecule has 5 heteroatoms. The first-order valence-corrected chi connectivity index (χ1v) is 9.56. The molecule has 0 aliphatic rings. The number of nitrogens with one attached hydrogen (secondary N) is 1. The van der Waals surface area contributed by atoms with E-state index in [1.54, 1.807) is 7.11 Å². The lowest BCUT2D eigenvalue weighted by atomic mass is 10.0. The molecule has 3 rings (SSSR count). The van der Waals surface area contributed by atoms with Gasteiger partial charge in [0.1, 0.15) is 5.75 Å². The molecule has 5 nitrogen and oxygen atoms in total. The quantitative estimate of drug-likeness (QED) is 0.680. The highest BCUT2D eigenvalue weighted by molar-refractivity contribution is 5.94. The fraction of sp³-hybridized carbons (Fsp3) is 0.250. The maximum absolute atomic E-state index is 12.6. The van der Waals surface area contributed by atoms with Crippen molar-refractivity contribution < 1.29 is 9.53 Å². The number of aryl methyl sites for hydroxylation is 2. The summed E-state index contributed by atoms with van der Waals surface area (Å²) >= 11 is 0. The summed E-state index contributed by atoms with van der Waals surface area (Å²) in [6, 6.07) is 17.4. The minimum Gasteiger partial charge on any atom is -0.497 e. The van der Waals surface area contributed by atoms with Crippen molar-refractivity contribution in [1.29, 1.82) is 0 Å². The third-order valence-electron chi connectivity index (χ3n) is 4.91. The molecule has 0 aliphatic heterocycles. The van der Waals surface area contributed by atoms with Gasteiger partial charge in [-0.15, -0.1) is 0 Å². The molecule has 150 valence electrons. The second-order valence-corrected chi connectivity index (χ2v) is 7.26. The molecule has 0 fully saturated rings. The first kappa shape index (κ1) is 20.4. The number of hydrogen-bond acceptors (Lipinski definition) is 4. The number of pyridine rings is 1. The predicted octanol–water partition coefficient (Wildman–Crippen LogP) is 4.37. The number of carbonyl (C=O) groups is 1. The summed E-state index contributed by atoms with van der Waals surface area (Å²) in [5, 5.41) is 3.04. The van der Waals surface area contributed by atoms with Crippen LogP contribution >= 0.6 is 0 Å². The molecule has 1 heterocycles. The van der Waals surface area contributed by atoms with E-state index in [2.05, 4.69) is 12.2 Å². The fourth-order valence-corrected chi connectivity index (χ4v) is 3.26. The highest BCUT2D eigenvalue weighted by atomic mass is 16.5. The van der Waals surface area contributed by atoms with E-state index in [4.69, 9.17) is 9.72 Å². The largest absolute Gasteiger partial charge is 0.497 e. The molecule has 0 bridgehead atoms. The topological polar surface area (TPSA) is 54.5 Å². The van der Waals surface area contributed by atoms with Gasteiger partial charge in [-0.05, 0) is 74.0 Å². The lowest BCUT2D eigenvalue weighted by Crippen LogP contribution is -2.24. The van der Waals surface area contributed by atoms with E-state index in [9.17, 15) is 4.79 Å². The second-order valence-electron chi connectivity index (χ2n) is 7.26. The molecule has 0 spiro atoms. The molecular weight excluding hydrogens is 362 g/mol. The number of amides is 1. The molecule has 0 saturated carbocycles. The molecule has 0 saturated heterocycles. The Labute approximate surface area is 172 Å². The van der Waals surface area contributed by atoms with Crippen LogP contribution in [0.4, 0.5) is 5.69 Å². The Morgan fingerprint density at radius 2 is 1.69 bits per heavy atom. The summed E-state index contributed by atoms with van der Waals surface area (Å²) in [5.41, 5.74) is 6.64. The van der Waals surface area contributed by atoms with Crippen LogP contribution in [0.1, 0.15) is 27.2 Å². The van der Waals surface area contributed by atoms with Gasteiger partial charge in [-0.2, -0.15) is 0 Å². The molecule has 0 atom stereocenters. The Bertz CT molecular complexity index is 994. The third kappa shape index (κ3) is 4.74. The Balaban J connectivity index is 1.83. The maximum Gasteiger partial charge on any atom is 0.251 e. The van der Waals surface area contributed by atoms with Crippen molar-refractivity contribution in [1.82, 2.24) is 10.3 Å². The van der Waals surface area contributed by atoms with Gasteiger partial charge in [-0.25, -0.2) is 0 Å². The Kier molecular flexibility index (Phi) is 6.17. The smallest absolute Gasteiger partial charge is 0.251 e. The van der Waals surface area contributed by atoms with E-state index in [0.717, 1.165) is 39.5 Å². The summed E-state index contributed by atoms with van der Waals surface area (Å²) < 4.78 is 5.25. The van der Waals surface area contributed by atoms with Gasteiger partial charge in [-0.1, -0.05) is 0 Å². The lowest BCUT2D eigenvalue weighted by Gasteiger charge is -2.15. The zero-order valence-electron chi connectivity index (χ0n) is 17.6. The van der Waals surface area contributed by atoms with Gasteiger partial charge in [0.15, 0.2) is 0 Å². The van der Waals surface area contributed by atoms with Gasteiger partial charge < -0.3 is 15.0 Å². The summed E-state index contributed by atoms with van der Waals surface area (Å²) in [6.45, 7) is 4.44. The van der Waals surface area contributed by atoms with Gasteiger partial charge in [0.2, 0.25) is 0 Å². The highest BCUT2D eigenvalue weighted by Crippen LogP contribution is 2.27. The number of rotatable bonds is 6. The molecular formula is C24H27N3O2. The minimum atomic E-state index is -0.101. The zero-order chi connectivity index (χ0) is 21.0. The number of carbonyl (C=O) groups excluding carboxylic acids is 1. The monoisotopic (exact) mass is 389 g/mol. The van der Waals surface area contributed by atoms with Crippen molar-refractivity contribution in [3.05, 3.63) is 77.0 Å². The van der Waals surface area contributed by atoms with Crippen molar-refractivity contribution in [2.75, 3.05) is 26.1 Å². The molecule has 1 aromatic heterocycles. The van der Waals surface area contributed by atoms with Crippen molar-refractivity contribution in [2.24, 2.45) is 0 Å². The summed E-state index contributed by atoms with van der Waals surface area (Å²) in [6.07, 6.45) is 0. The van der Waals surface area contributed by atoms with Gasteiger partial charge in [-0.3, -0.25) is 9.78 Å². The number of aromatic nitrogens is 1. The SMILES string of the molecule is COc1ccc(-c2nc(C)cc(C)c2CNC(=O)c2ccc(N(C)C)cc2)cc1. The minimum absolute atomic E-state index is 0.101. The summed E-state index contributed by atoms with van der Waals surface area (Å²) in [5.74, 6) is 0.699. The molecule has 1 amide bonds. The predicted molar refractivity (Wildman–Crippen MR) is 118 cm³/mol. The van der Waals surface area contributed by atoms with Crippen molar-refractivity contribution in [3.8, 4) is 17.0 Å². The third-order valence-corrected chi connectivity index (χ3v) is 4.91. The number of ether oxygens (including phenoxy) is 1. The van der Waals surface area contributed by atoms with Crippen molar-refractivity contribution in [3.63, 3.8) is 0 Å². The van der Waals surface area contributed by atoms with E-state index in [1.807, 2.05) is 80.5 Å². The fourth-order valence-electron chi connectivity index (χ4n) is 3.26. The highest BCUT2D eigenvalue weighted by Gasteiger charge is 2.13. The van der Waals surface area contributed by atoms with E-state index in [-0.39, 0.29) is 5.91 Å².